The molecule has 20 heavy (non-hydrogen) atoms. The van der Waals surface area contributed by atoms with Crippen LogP contribution in [0.2, 0.25) is 0 Å². The van der Waals surface area contributed by atoms with Gasteiger partial charge in [0.25, 0.3) is 0 Å². The number of piperidine rings is 2. The predicted octanol–water partition coefficient (Wildman–Crippen LogP) is 2.07. The standard InChI is InChI=1S/C16H32N2O2/c1-13(2)17-10-7-15(8-11-17)20-16(3,4)18-9-5-6-14(19)12-18/h13-15,19H,5-12H2,1-4H3. The van der Waals surface area contributed by atoms with Gasteiger partial charge >= 0.3 is 0 Å². The summed E-state index contributed by atoms with van der Waals surface area (Å²) < 4.78 is 6.38. The van der Waals surface area contributed by atoms with Crippen molar-refractivity contribution in [2.24, 2.45) is 0 Å². The van der Waals surface area contributed by atoms with E-state index in [1.54, 1.807) is 0 Å². The van der Waals surface area contributed by atoms with E-state index in [1.165, 1.54) is 0 Å². The van der Waals surface area contributed by atoms with Gasteiger partial charge in [-0.05, 0) is 53.4 Å². The average Bonchev–Trinajstić information content (AvgIpc) is 2.39. The van der Waals surface area contributed by atoms with E-state index in [0.717, 1.165) is 51.9 Å². The first-order valence-electron chi connectivity index (χ1n) is 8.23. The maximum Gasteiger partial charge on any atom is 0.116 e. The fraction of sp³-hybridized carbons (Fsp3) is 1.00. The Bertz CT molecular complexity index is 299. The molecule has 2 fully saturated rings. The number of nitrogens with zero attached hydrogens (tertiary/aromatic N) is 2. The molecule has 0 spiro atoms. The first kappa shape index (κ1) is 16.2. The molecule has 2 saturated heterocycles. The van der Waals surface area contributed by atoms with Gasteiger partial charge in [-0.25, -0.2) is 0 Å². The van der Waals surface area contributed by atoms with E-state index >= 15 is 0 Å². The summed E-state index contributed by atoms with van der Waals surface area (Å²) in [5.41, 5.74) is -0.258. The van der Waals surface area contributed by atoms with Crippen molar-refractivity contribution in [1.29, 1.82) is 0 Å². The lowest BCUT2D eigenvalue weighted by molar-refractivity contribution is -0.188. The Morgan fingerprint density at radius 1 is 1.10 bits per heavy atom. The molecule has 2 aliphatic heterocycles. The molecule has 118 valence electrons. The molecule has 0 amide bonds. The van der Waals surface area contributed by atoms with E-state index in [2.05, 4.69) is 37.5 Å². The van der Waals surface area contributed by atoms with Crippen LogP contribution in [-0.4, -0.2) is 65.1 Å². The quantitative estimate of drug-likeness (QED) is 0.857. The highest BCUT2D eigenvalue weighted by Gasteiger charge is 2.34. The van der Waals surface area contributed by atoms with Crippen molar-refractivity contribution in [3.05, 3.63) is 0 Å². The number of ether oxygens (including phenoxy) is 1. The Morgan fingerprint density at radius 3 is 2.30 bits per heavy atom. The summed E-state index contributed by atoms with van der Waals surface area (Å²) in [7, 11) is 0. The van der Waals surface area contributed by atoms with Crippen LogP contribution in [0.5, 0.6) is 0 Å². The SMILES string of the molecule is CC(C)N1CCC(OC(C)(C)N2CCCC(O)C2)CC1. The number of aliphatic hydroxyl groups excluding tert-OH is 1. The van der Waals surface area contributed by atoms with Crippen LogP contribution in [-0.2, 0) is 4.74 Å². The number of likely N-dealkylation sites (tertiary alicyclic amines) is 2. The van der Waals surface area contributed by atoms with Crippen molar-refractivity contribution in [1.82, 2.24) is 9.80 Å². The van der Waals surface area contributed by atoms with Crippen LogP contribution in [0.4, 0.5) is 0 Å². The molecule has 0 bridgehead atoms. The van der Waals surface area contributed by atoms with Crippen molar-refractivity contribution in [2.75, 3.05) is 26.2 Å². The normalized spacial score (nSPS) is 28.2. The Balaban J connectivity index is 1.83. The molecule has 1 atom stereocenters. The molecular formula is C16H32N2O2. The van der Waals surface area contributed by atoms with Crippen LogP contribution in [0, 0.1) is 0 Å². The number of aliphatic hydroxyl groups is 1. The lowest BCUT2D eigenvalue weighted by atomic mass is 10.0. The zero-order valence-corrected chi connectivity index (χ0v) is 13.6. The van der Waals surface area contributed by atoms with Gasteiger partial charge in [0.1, 0.15) is 5.72 Å². The van der Waals surface area contributed by atoms with Crippen molar-refractivity contribution in [3.8, 4) is 0 Å². The van der Waals surface area contributed by atoms with Gasteiger partial charge in [-0.15, -0.1) is 0 Å². The Kier molecular flexibility index (Phi) is 5.46. The fourth-order valence-corrected chi connectivity index (χ4v) is 3.44. The minimum atomic E-state index is -0.258. The van der Waals surface area contributed by atoms with E-state index < -0.39 is 0 Å². The molecular weight excluding hydrogens is 252 g/mol. The molecule has 1 N–H and O–H groups in total. The number of hydrogen-bond donors (Lipinski definition) is 1. The number of hydrogen-bond acceptors (Lipinski definition) is 4. The predicted molar refractivity (Wildman–Crippen MR) is 81.7 cm³/mol. The Hall–Kier alpha value is -0.160. The van der Waals surface area contributed by atoms with E-state index in [1.807, 2.05) is 0 Å². The van der Waals surface area contributed by atoms with Gasteiger partial charge in [0, 0.05) is 32.2 Å². The summed E-state index contributed by atoms with van der Waals surface area (Å²) >= 11 is 0. The second-order valence-electron chi connectivity index (χ2n) is 7.14. The summed E-state index contributed by atoms with van der Waals surface area (Å²) in [4.78, 5) is 4.83. The number of β-amino-alcohol motifs (C(OH)–C–C–N with tert-alkyl or cyclic N) is 1. The van der Waals surface area contributed by atoms with Crippen LogP contribution in [0.25, 0.3) is 0 Å². The Morgan fingerprint density at radius 2 is 1.75 bits per heavy atom. The van der Waals surface area contributed by atoms with Crippen molar-refractivity contribution in [3.63, 3.8) is 0 Å². The third kappa shape index (κ3) is 4.17. The highest BCUT2D eigenvalue weighted by molar-refractivity contribution is 4.82. The summed E-state index contributed by atoms with van der Waals surface area (Å²) in [5.74, 6) is 0. The zero-order valence-electron chi connectivity index (χ0n) is 13.6. The van der Waals surface area contributed by atoms with Gasteiger partial charge in [-0.1, -0.05) is 0 Å². The molecule has 4 nitrogen and oxygen atoms in total. The van der Waals surface area contributed by atoms with Gasteiger partial charge in [-0.2, -0.15) is 0 Å². The van der Waals surface area contributed by atoms with Crippen LogP contribution in [0.15, 0.2) is 0 Å². The first-order valence-corrected chi connectivity index (χ1v) is 8.23. The van der Waals surface area contributed by atoms with Crippen molar-refractivity contribution in [2.45, 2.75) is 77.4 Å². The maximum absolute atomic E-state index is 9.84. The highest BCUT2D eigenvalue weighted by atomic mass is 16.5. The van der Waals surface area contributed by atoms with Crippen LogP contribution in [0.1, 0.15) is 53.4 Å². The van der Waals surface area contributed by atoms with E-state index in [9.17, 15) is 5.11 Å². The van der Waals surface area contributed by atoms with E-state index in [-0.39, 0.29) is 11.8 Å². The van der Waals surface area contributed by atoms with Gasteiger partial charge in [0.15, 0.2) is 0 Å². The zero-order chi connectivity index (χ0) is 14.8. The van der Waals surface area contributed by atoms with Crippen LogP contribution < -0.4 is 0 Å². The van der Waals surface area contributed by atoms with Crippen LogP contribution >= 0.6 is 0 Å². The lowest BCUT2D eigenvalue weighted by Crippen LogP contribution is -2.54. The monoisotopic (exact) mass is 284 g/mol. The third-order valence-electron chi connectivity index (χ3n) is 4.82. The first-order chi connectivity index (χ1) is 9.38. The molecule has 0 aromatic carbocycles. The van der Waals surface area contributed by atoms with Gasteiger partial charge in [0.05, 0.1) is 12.2 Å². The molecule has 0 aromatic heterocycles. The maximum atomic E-state index is 9.84. The second kappa shape index (κ2) is 6.73. The number of rotatable bonds is 4. The van der Waals surface area contributed by atoms with Gasteiger partial charge in [-0.3, -0.25) is 4.90 Å². The summed E-state index contributed by atoms with van der Waals surface area (Å²) in [6, 6.07) is 0.640. The lowest BCUT2D eigenvalue weighted by Gasteiger charge is -2.45. The second-order valence-corrected chi connectivity index (χ2v) is 7.14. The molecule has 2 rings (SSSR count). The molecule has 0 saturated carbocycles. The molecule has 0 aliphatic carbocycles. The molecule has 1 unspecified atom stereocenters. The van der Waals surface area contributed by atoms with E-state index in [4.69, 9.17) is 4.74 Å². The largest absolute Gasteiger partial charge is 0.392 e. The average molecular weight is 284 g/mol. The smallest absolute Gasteiger partial charge is 0.116 e. The fourth-order valence-electron chi connectivity index (χ4n) is 3.44. The highest BCUT2D eigenvalue weighted by Crippen LogP contribution is 2.27. The third-order valence-corrected chi connectivity index (χ3v) is 4.82. The minimum absolute atomic E-state index is 0.186. The molecule has 0 aromatic rings. The summed E-state index contributed by atoms with van der Waals surface area (Å²) in [6.07, 6.45) is 4.42. The molecule has 4 heteroatoms. The Labute approximate surface area is 124 Å². The van der Waals surface area contributed by atoms with Crippen LogP contribution in [0.3, 0.4) is 0 Å². The summed E-state index contributed by atoms with van der Waals surface area (Å²) in [6.45, 7) is 12.9. The van der Waals surface area contributed by atoms with Crippen molar-refractivity contribution < 1.29 is 9.84 Å². The van der Waals surface area contributed by atoms with E-state index in [0.29, 0.717) is 12.1 Å². The van der Waals surface area contributed by atoms with Crippen molar-refractivity contribution >= 4 is 0 Å². The van der Waals surface area contributed by atoms with Gasteiger partial charge < -0.3 is 14.7 Å². The van der Waals surface area contributed by atoms with Gasteiger partial charge in [0.2, 0.25) is 0 Å². The summed E-state index contributed by atoms with van der Waals surface area (Å²) in [5, 5.41) is 9.84. The topological polar surface area (TPSA) is 35.9 Å². The minimum Gasteiger partial charge on any atom is -0.392 e. The molecule has 0 radical (unpaired) electrons. The molecule has 2 aliphatic rings. The molecule has 2 heterocycles.